The molecule has 0 saturated carbocycles. The average molecular weight is 503 g/mol. The van der Waals surface area contributed by atoms with Crippen LogP contribution in [0.2, 0.25) is 0 Å². The van der Waals surface area contributed by atoms with Crippen LogP contribution in [0.25, 0.3) is 65.7 Å². The summed E-state index contributed by atoms with van der Waals surface area (Å²) in [4.78, 5) is 0.992. The molecule has 0 aliphatic carbocycles. The number of hydrogen-bond donors (Lipinski definition) is 1. The lowest BCUT2D eigenvalue weighted by atomic mass is 9.89. The van der Waals surface area contributed by atoms with E-state index in [4.69, 9.17) is 12.6 Å². The van der Waals surface area contributed by atoms with Gasteiger partial charge in [0.15, 0.2) is 0 Å². The van der Waals surface area contributed by atoms with Crippen LogP contribution in [-0.4, -0.2) is 0 Å². The summed E-state index contributed by atoms with van der Waals surface area (Å²) in [7, 11) is 0. The minimum Gasteiger partial charge on any atom is -0.143 e. The Balaban J connectivity index is 1.43. The Kier molecular flexibility index (Phi) is 5.53. The Bertz CT molecular complexity index is 1960. The van der Waals surface area contributed by atoms with Crippen molar-refractivity contribution < 1.29 is 0 Å². The molecule has 1 heteroatoms. The van der Waals surface area contributed by atoms with E-state index in [0.717, 1.165) is 4.90 Å². The van der Waals surface area contributed by atoms with Gasteiger partial charge in [-0.2, -0.15) is 0 Å². The van der Waals surface area contributed by atoms with E-state index in [1.807, 2.05) is 0 Å². The maximum absolute atomic E-state index is 4.88. The highest BCUT2D eigenvalue weighted by Crippen LogP contribution is 2.40. The summed E-state index contributed by atoms with van der Waals surface area (Å²) >= 11 is 4.88. The fourth-order valence-electron chi connectivity index (χ4n) is 5.87. The first-order valence-electron chi connectivity index (χ1n) is 13.0. The van der Waals surface area contributed by atoms with Crippen molar-refractivity contribution >= 4 is 44.9 Å². The molecule has 0 amide bonds. The van der Waals surface area contributed by atoms with E-state index in [-0.39, 0.29) is 0 Å². The molecule has 0 aromatic heterocycles. The second-order valence-corrected chi connectivity index (χ2v) is 10.4. The van der Waals surface area contributed by atoms with Crippen molar-refractivity contribution in [3.8, 4) is 33.4 Å². The number of thiol groups is 1. The molecule has 0 aliphatic heterocycles. The van der Waals surface area contributed by atoms with Crippen LogP contribution in [0.15, 0.2) is 138 Å². The maximum atomic E-state index is 4.88. The molecule has 0 radical (unpaired) electrons. The molecule has 0 nitrogen and oxygen atoms in total. The highest BCUT2D eigenvalue weighted by Gasteiger charge is 2.14. The maximum Gasteiger partial charge on any atom is 0.0125 e. The topological polar surface area (TPSA) is 0 Å². The predicted molar refractivity (Wildman–Crippen MR) is 167 cm³/mol. The van der Waals surface area contributed by atoms with Gasteiger partial charge in [-0.15, -0.1) is 12.6 Å². The van der Waals surface area contributed by atoms with E-state index in [0.29, 0.717) is 0 Å². The molecule has 0 aliphatic rings. The fourth-order valence-corrected chi connectivity index (χ4v) is 6.20. The molecule has 7 aromatic carbocycles. The van der Waals surface area contributed by atoms with Crippen LogP contribution < -0.4 is 0 Å². The Labute approximate surface area is 228 Å². The average Bonchev–Trinajstić information content (AvgIpc) is 2.97. The summed E-state index contributed by atoms with van der Waals surface area (Å²) in [6.07, 6.45) is 0. The molecule has 38 heavy (non-hydrogen) atoms. The summed E-state index contributed by atoms with van der Waals surface area (Å²) in [5.41, 5.74) is 8.48. The standard InChI is InChI=1S/C37H26S/c1-24-10-2-3-13-28(24)37-29(18-9-19-36(37)38)27-12-8-11-25(22-27)26-20-21-34-32-16-5-4-14-30(32)31-15-6-7-17-33(31)35(34)23-26/h2-23,38H,1H3. The first-order chi connectivity index (χ1) is 18.7. The van der Waals surface area contributed by atoms with Crippen molar-refractivity contribution in [3.05, 3.63) is 139 Å². The number of fused-ring (bicyclic) bond motifs is 6. The molecule has 0 fully saturated rings. The van der Waals surface area contributed by atoms with Gasteiger partial charge >= 0.3 is 0 Å². The van der Waals surface area contributed by atoms with Crippen molar-refractivity contribution in [2.24, 2.45) is 0 Å². The number of benzene rings is 7. The Morgan fingerprint density at radius 3 is 1.63 bits per heavy atom. The van der Waals surface area contributed by atoms with Crippen molar-refractivity contribution in [2.45, 2.75) is 11.8 Å². The van der Waals surface area contributed by atoms with Gasteiger partial charge in [0, 0.05) is 10.5 Å². The largest absolute Gasteiger partial charge is 0.143 e. The monoisotopic (exact) mass is 502 g/mol. The third-order valence-corrected chi connectivity index (χ3v) is 8.08. The molecule has 0 heterocycles. The lowest BCUT2D eigenvalue weighted by molar-refractivity contribution is 1.40. The van der Waals surface area contributed by atoms with Gasteiger partial charge in [0.05, 0.1) is 0 Å². The minimum absolute atomic E-state index is 0.992. The van der Waals surface area contributed by atoms with Gasteiger partial charge < -0.3 is 0 Å². The molecule has 180 valence electrons. The van der Waals surface area contributed by atoms with E-state index < -0.39 is 0 Å². The van der Waals surface area contributed by atoms with E-state index in [1.165, 1.54) is 71.3 Å². The minimum atomic E-state index is 0.992. The van der Waals surface area contributed by atoms with Crippen LogP contribution >= 0.6 is 12.6 Å². The van der Waals surface area contributed by atoms with E-state index in [9.17, 15) is 0 Å². The van der Waals surface area contributed by atoms with Gasteiger partial charge in [-0.05, 0) is 90.8 Å². The van der Waals surface area contributed by atoms with Gasteiger partial charge in [0.2, 0.25) is 0 Å². The van der Waals surface area contributed by atoms with Crippen LogP contribution in [0.1, 0.15) is 5.56 Å². The first-order valence-corrected chi connectivity index (χ1v) is 13.5. The summed E-state index contributed by atoms with van der Waals surface area (Å²) in [6, 6.07) is 48.2. The molecule has 7 rings (SSSR count). The van der Waals surface area contributed by atoms with Crippen LogP contribution in [0.5, 0.6) is 0 Å². The van der Waals surface area contributed by atoms with Crippen molar-refractivity contribution in [3.63, 3.8) is 0 Å². The molecule has 0 saturated heterocycles. The predicted octanol–water partition coefficient (Wildman–Crippen LogP) is 10.7. The summed E-state index contributed by atoms with van der Waals surface area (Å²) in [5.74, 6) is 0. The zero-order chi connectivity index (χ0) is 25.6. The zero-order valence-electron chi connectivity index (χ0n) is 21.1. The molecular weight excluding hydrogens is 476 g/mol. The van der Waals surface area contributed by atoms with Crippen LogP contribution in [-0.2, 0) is 0 Å². The second kappa shape index (κ2) is 9.20. The van der Waals surface area contributed by atoms with E-state index in [2.05, 4.69) is 140 Å². The zero-order valence-corrected chi connectivity index (χ0v) is 22.0. The van der Waals surface area contributed by atoms with Crippen LogP contribution in [0.4, 0.5) is 0 Å². The molecular formula is C37H26S. The SMILES string of the molecule is Cc1ccccc1-c1c(S)cccc1-c1cccc(-c2ccc3c4ccccc4c4ccccc4c3c2)c1. The van der Waals surface area contributed by atoms with Crippen LogP contribution in [0.3, 0.4) is 0 Å². The highest BCUT2D eigenvalue weighted by atomic mass is 32.1. The van der Waals surface area contributed by atoms with Crippen molar-refractivity contribution in [2.75, 3.05) is 0 Å². The molecule has 0 bridgehead atoms. The highest BCUT2D eigenvalue weighted by molar-refractivity contribution is 7.80. The molecule has 0 atom stereocenters. The quantitative estimate of drug-likeness (QED) is 0.180. The second-order valence-electron chi connectivity index (χ2n) is 9.95. The molecule has 0 spiro atoms. The first kappa shape index (κ1) is 22.8. The van der Waals surface area contributed by atoms with Gasteiger partial charge in [-0.1, -0.05) is 115 Å². The third-order valence-electron chi connectivity index (χ3n) is 7.71. The van der Waals surface area contributed by atoms with Gasteiger partial charge in [0.25, 0.3) is 0 Å². The Hall–Kier alpha value is -4.33. The number of hydrogen-bond acceptors (Lipinski definition) is 1. The van der Waals surface area contributed by atoms with Crippen molar-refractivity contribution in [1.29, 1.82) is 0 Å². The lowest BCUT2D eigenvalue weighted by Gasteiger charge is -2.16. The van der Waals surface area contributed by atoms with Gasteiger partial charge in [0.1, 0.15) is 0 Å². The van der Waals surface area contributed by atoms with Crippen molar-refractivity contribution in [1.82, 2.24) is 0 Å². The third kappa shape index (κ3) is 3.70. The van der Waals surface area contributed by atoms with Gasteiger partial charge in [-0.3, -0.25) is 0 Å². The van der Waals surface area contributed by atoms with E-state index >= 15 is 0 Å². The Morgan fingerprint density at radius 2 is 0.921 bits per heavy atom. The van der Waals surface area contributed by atoms with Gasteiger partial charge in [-0.25, -0.2) is 0 Å². The number of aryl methyl sites for hydroxylation is 1. The smallest absolute Gasteiger partial charge is 0.0125 e. The van der Waals surface area contributed by atoms with Crippen LogP contribution in [0, 0.1) is 6.92 Å². The summed E-state index contributed by atoms with van der Waals surface area (Å²) in [6.45, 7) is 2.17. The number of rotatable bonds is 3. The fraction of sp³-hybridized carbons (Fsp3) is 0.0270. The lowest BCUT2D eigenvalue weighted by Crippen LogP contribution is -1.90. The van der Waals surface area contributed by atoms with E-state index in [1.54, 1.807) is 0 Å². The molecule has 7 aromatic rings. The molecule has 0 unspecified atom stereocenters. The summed E-state index contributed by atoms with van der Waals surface area (Å²) < 4.78 is 0. The normalized spacial score (nSPS) is 11.4. The molecule has 0 N–H and O–H groups in total. The summed E-state index contributed by atoms with van der Waals surface area (Å²) in [5, 5.41) is 7.79. The Morgan fingerprint density at radius 1 is 0.395 bits per heavy atom.